The van der Waals surface area contributed by atoms with Gasteiger partial charge in [0.2, 0.25) is 11.7 Å². The van der Waals surface area contributed by atoms with Crippen LogP contribution < -0.4 is 5.73 Å². The van der Waals surface area contributed by atoms with Crippen molar-refractivity contribution in [1.29, 1.82) is 0 Å². The predicted molar refractivity (Wildman–Crippen MR) is 125 cm³/mol. The monoisotopic (exact) mass is 495 g/mol. The van der Waals surface area contributed by atoms with Crippen LogP contribution in [0.1, 0.15) is 60.6 Å². The first-order valence-corrected chi connectivity index (χ1v) is 12.2. The van der Waals surface area contributed by atoms with E-state index in [1.165, 1.54) is 0 Å². The van der Waals surface area contributed by atoms with Crippen molar-refractivity contribution >= 4 is 17.8 Å². The normalized spacial score (nSPS) is 27.7. The molecule has 1 saturated carbocycles. The van der Waals surface area contributed by atoms with Gasteiger partial charge in [0.25, 0.3) is 11.7 Å². The van der Waals surface area contributed by atoms with Crippen molar-refractivity contribution in [2.75, 3.05) is 13.1 Å². The van der Waals surface area contributed by atoms with Crippen molar-refractivity contribution in [3.63, 3.8) is 0 Å². The smallest absolute Gasteiger partial charge is 0.374 e. The van der Waals surface area contributed by atoms with Gasteiger partial charge in [0, 0.05) is 13.1 Å². The van der Waals surface area contributed by atoms with Gasteiger partial charge in [0.15, 0.2) is 5.69 Å². The van der Waals surface area contributed by atoms with Gasteiger partial charge in [-0.25, -0.2) is 9.48 Å². The first-order valence-electron chi connectivity index (χ1n) is 12.2. The fraction of sp³-hybridized carbons (Fsp3) is 0.480. The number of nitrogens with zero attached hydrogens (tertiary/aromatic N) is 4. The van der Waals surface area contributed by atoms with E-state index in [0.717, 1.165) is 37.8 Å². The van der Waals surface area contributed by atoms with Crippen LogP contribution in [0.4, 0.5) is 0 Å². The number of nitrogens with two attached hydrogens (primary N) is 1. The molecule has 0 bridgehead atoms. The second kappa shape index (κ2) is 9.29. The van der Waals surface area contributed by atoms with Crippen molar-refractivity contribution < 1.29 is 29.0 Å². The Morgan fingerprint density at radius 2 is 1.81 bits per heavy atom. The summed E-state index contributed by atoms with van der Waals surface area (Å²) < 4.78 is 13.5. The van der Waals surface area contributed by atoms with Crippen LogP contribution in [-0.4, -0.2) is 61.7 Å². The van der Waals surface area contributed by atoms with Gasteiger partial charge >= 0.3 is 5.97 Å². The maximum absolute atomic E-state index is 13.0. The van der Waals surface area contributed by atoms with Crippen LogP contribution in [0.3, 0.4) is 0 Å². The molecule has 3 aliphatic rings. The Bertz CT molecular complexity index is 1180. The first-order chi connectivity index (χ1) is 17.3. The zero-order valence-electron chi connectivity index (χ0n) is 19.8. The molecule has 2 fully saturated rings. The molecule has 1 saturated heterocycles. The van der Waals surface area contributed by atoms with Gasteiger partial charge in [-0.3, -0.25) is 9.59 Å². The number of likely N-dealkylation sites (tertiary alicyclic amines) is 1. The highest BCUT2D eigenvalue weighted by atomic mass is 16.7. The number of rotatable bonds is 7. The molecule has 3 heterocycles. The predicted octanol–water partition coefficient (Wildman–Crippen LogP) is 2.01. The maximum Gasteiger partial charge on any atom is 0.374 e. The maximum atomic E-state index is 13.0. The molecule has 1 aromatic carbocycles. The molecule has 0 spiro atoms. The fourth-order valence-electron chi connectivity index (χ4n) is 5.60. The Kier molecular flexibility index (Phi) is 6.15. The number of carboxylic acid groups (broad SMARTS) is 1. The van der Waals surface area contributed by atoms with Gasteiger partial charge in [-0.2, -0.15) is 0 Å². The second-order valence-corrected chi connectivity index (χ2v) is 9.68. The molecule has 11 nitrogen and oxygen atoms in total. The quantitative estimate of drug-likeness (QED) is 0.592. The van der Waals surface area contributed by atoms with Crippen LogP contribution in [0, 0.1) is 5.41 Å². The molecule has 36 heavy (non-hydrogen) atoms. The topological polar surface area (TPSA) is 150 Å². The number of hydrogen-bond donors (Lipinski definition) is 2. The summed E-state index contributed by atoms with van der Waals surface area (Å²) in [6, 6.07) is 9.19. The van der Waals surface area contributed by atoms with E-state index in [1.807, 2.05) is 30.3 Å². The molecule has 1 aliphatic carbocycles. The first kappa shape index (κ1) is 23.8. The molecule has 2 amide bonds. The Labute approximate surface area is 207 Å². The third-order valence-electron chi connectivity index (χ3n) is 7.63. The summed E-state index contributed by atoms with van der Waals surface area (Å²) in [4.78, 5) is 39.1. The van der Waals surface area contributed by atoms with Gasteiger partial charge in [0.05, 0.1) is 18.7 Å². The average Bonchev–Trinajstić information content (AvgIpc) is 3.66. The highest BCUT2D eigenvalue weighted by molar-refractivity contribution is 5.92. The number of amides is 2. The molecule has 190 valence electrons. The highest BCUT2D eigenvalue weighted by Crippen LogP contribution is 2.53. The van der Waals surface area contributed by atoms with E-state index in [0.29, 0.717) is 18.5 Å². The van der Waals surface area contributed by atoms with Gasteiger partial charge in [-0.05, 0) is 44.1 Å². The van der Waals surface area contributed by atoms with Crippen LogP contribution in [0.25, 0.3) is 0 Å². The van der Waals surface area contributed by atoms with E-state index < -0.39 is 23.1 Å². The summed E-state index contributed by atoms with van der Waals surface area (Å²) >= 11 is 0. The van der Waals surface area contributed by atoms with Crippen molar-refractivity contribution in [3.8, 4) is 0 Å². The van der Waals surface area contributed by atoms with Gasteiger partial charge in [0.1, 0.15) is 11.7 Å². The SMILES string of the molecule is NC(=O)C1(C2(Cc3ccccc3)OC=C(C(=O)O)O2)CCC(n2cc(C(=O)N3CCCC3)nn2)CC1. The van der Waals surface area contributed by atoms with Crippen LogP contribution >= 0.6 is 0 Å². The number of carboxylic acids is 1. The Morgan fingerprint density at radius 1 is 1.11 bits per heavy atom. The number of ether oxygens (including phenoxy) is 2. The van der Waals surface area contributed by atoms with E-state index in [4.69, 9.17) is 15.2 Å². The number of carbonyl (C=O) groups excluding carboxylic acids is 2. The summed E-state index contributed by atoms with van der Waals surface area (Å²) in [5, 5.41) is 17.8. The summed E-state index contributed by atoms with van der Waals surface area (Å²) in [5.41, 5.74) is 5.84. The lowest BCUT2D eigenvalue weighted by Crippen LogP contribution is -2.59. The molecule has 1 unspecified atom stereocenters. The third-order valence-corrected chi connectivity index (χ3v) is 7.63. The molecule has 1 atom stereocenters. The second-order valence-electron chi connectivity index (χ2n) is 9.68. The van der Waals surface area contributed by atoms with Crippen molar-refractivity contribution in [3.05, 3.63) is 59.8 Å². The van der Waals surface area contributed by atoms with Crippen LogP contribution in [0.5, 0.6) is 0 Å². The molecule has 2 aliphatic heterocycles. The van der Waals surface area contributed by atoms with E-state index in [-0.39, 0.29) is 37.0 Å². The zero-order valence-corrected chi connectivity index (χ0v) is 19.8. The van der Waals surface area contributed by atoms with Crippen molar-refractivity contribution in [2.45, 2.75) is 56.8 Å². The summed E-state index contributed by atoms with van der Waals surface area (Å²) in [7, 11) is 0. The minimum absolute atomic E-state index is 0.104. The lowest BCUT2D eigenvalue weighted by atomic mass is 9.64. The average molecular weight is 496 g/mol. The summed E-state index contributed by atoms with van der Waals surface area (Å²) in [6.07, 6.45) is 6.41. The largest absolute Gasteiger partial charge is 0.475 e. The van der Waals surface area contributed by atoms with Crippen LogP contribution in [0.15, 0.2) is 48.5 Å². The number of primary amides is 1. The van der Waals surface area contributed by atoms with E-state index in [2.05, 4.69) is 10.3 Å². The summed E-state index contributed by atoms with van der Waals surface area (Å²) in [6.45, 7) is 1.46. The molecule has 1 aromatic heterocycles. The van der Waals surface area contributed by atoms with Crippen molar-refractivity contribution in [1.82, 2.24) is 19.9 Å². The molecule has 5 rings (SSSR count). The molecular formula is C25H29N5O6. The minimum atomic E-state index is -1.59. The highest BCUT2D eigenvalue weighted by Gasteiger charge is 2.63. The number of benzene rings is 1. The Balaban J connectivity index is 1.38. The number of carbonyl (C=O) groups is 3. The molecule has 0 radical (unpaired) electrons. The van der Waals surface area contributed by atoms with Gasteiger partial charge < -0.3 is 25.2 Å². The number of aliphatic carboxylic acids is 1. The molecule has 2 aromatic rings. The summed E-state index contributed by atoms with van der Waals surface area (Å²) in [5.74, 6) is -3.97. The molecule has 11 heteroatoms. The Hall–Kier alpha value is -3.89. The van der Waals surface area contributed by atoms with Crippen molar-refractivity contribution in [2.24, 2.45) is 11.1 Å². The number of hydrogen-bond acceptors (Lipinski definition) is 7. The lowest BCUT2D eigenvalue weighted by molar-refractivity contribution is -0.237. The van der Waals surface area contributed by atoms with Gasteiger partial charge in [-0.15, -0.1) is 5.10 Å². The van der Waals surface area contributed by atoms with E-state index in [9.17, 15) is 19.5 Å². The molecular weight excluding hydrogens is 466 g/mol. The van der Waals surface area contributed by atoms with E-state index >= 15 is 0 Å². The third kappa shape index (κ3) is 4.08. The zero-order chi connectivity index (χ0) is 25.3. The van der Waals surface area contributed by atoms with Gasteiger partial charge in [-0.1, -0.05) is 35.5 Å². The molecule has 3 N–H and O–H groups in total. The lowest BCUT2D eigenvalue weighted by Gasteiger charge is -2.47. The fourth-order valence-corrected chi connectivity index (χ4v) is 5.60. The standard InChI is InChI=1S/C25H29N5O6/c26-23(34)24(25(14-17-6-2-1-3-7-17)35-16-20(36-25)22(32)33)10-8-18(9-11-24)30-15-19(27-28-30)21(31)29-12-4-5-13-29/h1-3,6-7,15-16,18H,4-5,8-14H2,(H2,26,34)(H,32,33). The number of aromatic nitrogens is 3. The minimum Gasteiger partial charge on any atom is -0.475 e. The van der Waals surface area contributed by atoms with Crippen LogP contribution in [-0.2, 0) is 25.5 Å². The van der Waals surface area contributed by atoms with Crippen LogP contribution in [0.2, 0.25) is 0 Å². The Morgan fingerprint density at radius 3 is 2.42 bits per heavy atom. The van der Waals surface area contributed by atoms with E-state index in [1.54, 1.807) is 15.8 Å².